The zero-order chi connectivity index (χ0) is 23.5. The van der Waals surface area contributed by atoms with Crippen molar-refractivity contribution in [2.24, 2.45) is 5.92 Å². The molecule has 3 N–H and O–H groups in total. The molecular formula is C25H31N3O5. The summed E-state index contributed by atoms with van der Waals surface area (Å²) in [5, 5.41) is 2.92. The van der Waals surface area contributed by atoms with Crippen LogP contribution in [-0.2, 0) is 9.53 Å². The number of anilines is 1. The summed E-state index contributed by atoms with van der Waals surface area (Å²) >= 11 is 0. The van der Waals surface area contributed by atoms with Crippen LogP contribution in [0.2, 0.25) is 0 Å². The van der Waals surface area contributed by atoms with Crippen molar-refractivity contribution in [2.75, 3.05) is 25.1 Å². The number of carbonyl (C=O) groups excluding carboxylic acids is 3. The first-order valence-electron chi connectivity index (χ1n) is 11.4. The van der Waals surface area contributed by atoms with E-state index in [0.717, 1.165) is 25.7 Å². The average Bonchev–Trinajstić information content (AvgIpc) is 2.86. The van der Waals surface area contributed by atoms with Crippen LogP contribution in [0, 0.1) is 5.92 Å². The zero-order valence-corrected chi connectivity index (χ0v) is 18.9. The van der Waals surface area contributed by atoms with Gasteiger partial charge in [-0.3, -0.25) is 25.2 Å². The molecule has 0 spiro atoms. The molecule has 1 aliphatic carbocycles. The molecule has 0 heterocycles. The van der Waals surface area contributed by atoms with Gasteiger partial charge in [0.2, 0.25) is 5.91 Å². The van der Waals surface area contributed by atoms with Crippen LogP contribution in [-0.4, -0.2) is 37.5 Å². The number of amides is 3. The lowest BCUT2D eigenvalue weighted by atomic mass is 9.88. The second-order valence-corrected chi connectivity index (χ2v) is 7.88. The number of ether oxygens (including phenoxy) is 2. The van der Waals surface area contributed by atoms with Crippen molar-refractivity contribution in [3.63, 3.8) is 0 Å². The Bertz CT molecular complexity index is 922. The molecule has 1 fully saturated rings. The molecule has 176 valence electrons. The second-order valence-electron chi connectivity index (χ2n) is 7.88. The molecule has 3 rings (SSSR count). The molecule has 2 aromatic rings. The van der Waals surface area contributed by atoms with Crippen molar-refractivity contribution >= 4 is 23.4 Å². The third-order valence-electron chi connectivity index (χ3n) is 5.50. The fraction of sp³-hybridized carbons (Fsp3) is 0.400. The van der Waals surface area contributed by atoms with Gasteiger partial charge in [-0.05, 0) is 68.3 Å². The van der Waals surface area contributed by atoms with E-state index in [2.05, 4.69) is 16.2 Å². The average molecular weight is 454 g/mol. The quantitative estimate of drug-likeness (QED) is 0.397. The van der Waals surface area contributed by atoms with Crippen LogP contribution in [0.15, 0.2) is 48.5 Å². The van der Waals surface area contributed by atoms with Crippen LogP contribution in [0.5, 0.6) is 5.75 Å². The van der Waals surface area contributed by atoms with Gasteiger partial charge in [0, 0.05) is 29.3 Å². The molecular weight excluding hydrogens is 422 g/mol. The maximum Gasteiger partial charge on any atom is 0.269 e. The number of hydrogen-bond donors (Lipinski definition) is 3. The Hall–Kier alpha value is -3.39. The third-order valence-corrected chi connectivity index (χ3v) is 5.50. The normalized spacial score (nSPS) is 13.7. The monoisotopic (exact) mass is 453 g/mol. The van der Waals surface area contributed by atoms with Crippen LogP contribution in [0.4, 0.5) is 5.69 Å². The highest BCUT2D eigenvalue weighted by Crippen LogP contribution is 2.25. The largest absolute Gasteiger partial charge is 0.491 e. The topological polar surface area (TPSA) is 106 Å². The molecule has 0 bridgehead atoms. The van der Waals surface area contributed by atoms with Crippen molar-refractivity contribution in [2.45, 2.75) is 39.0 Å². The molecule has 2 aromatic carbocycles. The molecule has 0 saturated heterocycles. The zero-order valence-electron chi connectivity index (χ0n) is 18.9. The van der Waals surface area contributed by atoms with Crippen molar-refractivity contribution in [1.29, 1.82) is 0 Å². The molecule has 1 saturated carbocycles. The Labute approximate surface area is 194 Å². The summed E-state index contributed by atoms with van der Waals surface area (Å²) in [4.78, 5) is 37.0. The Morgan fingerprint density at radius 1 is 0.818 bits per heavy atom. The predicted octanol–water partition coefficient (Wildman–Crippen LogP) is 3.70. The van der Waals surface area contributed by atoms with Gasteiger partial charge in [0.15, 0.2) is 0 Å². The fourth-order valence-electron chi connectivity index (χ4n) is 3.64. The minimum Gasteiger partial charge on any atom is -0.491 e. The van der Waals surface area contributed by atoms with E-state index in [1.807, 2.05) is 6.92 Å². The van der Waals surface area contributed by atoms with Gasteiger partial charge in [-0.2, -0.15) is 0 Å². The van der Waals surface area contributed by atoms with Crippen molar-refractivity contribution in [3.05, 3.63) is 59.7 Å². The van der Waals surface area contributed by atoms with Crippen molar-refractivity contribution < 1.29 is 23.9 Å². The maximum absolute atomic E-state index is 12.3. The first-order valence-corrected chi connectivity index (χ1v) is 11.4. The summed E-state index contributed by atoms with van der Waals surface area (Å²) in [5.41, 5.74) is 6.19. The third kappa shape index (κ3) is 7.61. The molecule has 0 atom stereocenters. The fourth-order valence-corrected chi connectivity index (χ4v) is 3.64. The Morgan fingerprint density at radius 3 is 1.97 bits per heavy atom. The summed E-state index contributed by atoms with van der Waals surface area (Å²) in [6.07, 6.45) is 5.23. The van der Waals surface area contributed by atoms with E-state index in [1.165, 1.54) is 6.42 Å². The summed E-state index contributed by atoms with van der Waals surface area (Å²) in [6, 6.07) is 13.2. The van der Waals surface area contributed by atoms with Crippen LogP contribution in [0.25, 0.3) is 0 Å². The van der Waals surface area contributed by atoms with E-state index in [-0.39, 0.29) is 11.8 Å². The van der Waals surface area contributed by atoms with Gasteiger partial charge in [0.1, 0.15) is 12.4 Å². The summed E-state index contributed by atoms with van der Waals surface area (Å²) in [7, 11) is 0. The molecule has 0 unspecified atom stereocenters. The van der Waals surface area contributed by atoms with Gasteiger partial charge < -0.3 is 14.8 Å². The Balaban J connectivity index is 1.44. The lowest BCUT2D eigenvalue weighted by Crippen LogP contribution is -2.41. The predicted molar refractivity (Wildman–Crippen MR) is 125 cm³/mol. The molecule has 0 radical (unpaired) electrons. The summed E-state index contributed by atoms with van der Waals surface area (Å²) < 4.78 is 10.7. The summed E-state index contributed by atoms with van der Waals surface area (Å²) in [6.45, 7) is 3.48. The van der Waals surface area contributed by atoms with E-state index in [0.29, 0.717) is 42.4 Å². The second kappa shape index (κ2) is 12.6. The molecule has 0 aliphatic heterocycles. The van der Waals surface area contributed by atoms with Crippen LogP contribution in [0.1, 0.15) is 59.7 Å². The molecule has 33 heavy (non-hydrogen) atoms. The number of nitrogens with one attached hydrogen (secondary N) is 3. The summed E-state index contributed by atoms with van der Waals surface area (Å²) in [5.74, 6) is -0.173. The van der Waals surface area contributed by atoms with Crippen molar-refractivity contribution in [1.82, 2.24) is 10.9 Å². The van der Waals surface area contributed by atoms with Gasteiger partial charge in [-0.25, -0.2) is 0 Å². The minimum atomic E-state index is -0.454. The van der Waals surface area contributed by atoms with Crippen molar-refractivity contribution in [3.8, 4) is 5.75 Å². The smallest absolute Gasteiger partial charge is 0.269 e. The lowest BCUT2D eigenvalue weighted by Gasteiger charge is -2.20. The SMILES string of the molecule is CCOCCOc1ccc(C(=O)NNC(=O)c2ccc(NC(=O)C3CCCCC3)cc2)cc1. The van der Waals surface area contributed by atoms with Gasteiger partial charge in [0.25, 0.3) is 11.8 Å². The van der Waals surface area contributed by atoms with Gasteiger partial charge in [0.05, 0.1) is 6.61 Å². The number of hydrogen-bond acceptors (Lipinski definition) is 5. The van der Waals surface area contributed by atoms with E-state index >= 15 is 0 Å². The number of benzene rings is 2. The Morgan fingerprint density at radius 2 is 1.39 bits per heavy atom. The lowest BCUT2D eigenvalue weighted by molar-refractivity contribution is -0.120. The van der Waals surface area contributed by atoms with Gasteiger partial charge in [-0.1, -0.05) is 19.3 Å². The maximum atomic E-state index is 12.3. The Kier molecular flexibility index (Phi) is 9.26. The highest BCUT2D eigenvalue weighted by molar-refractivity contribution is 5.99. The van der Waals surface area contributed by atoms with Crippen LogP contribution < -0.4 is 20.9 Å². The number of hydrazine groups is 1. The van der Waals surface area contributed by atoms with E-state index in [4.69, 9.17) is 9.47 Å². The molecule has 3 amide bonds. The molecule has 1 aliphatic rings. The van der Waals surface area contributed by atoms with Crippen LogP contribution in [0.3, 0.4) is 0 Å². The van der Waals surface area contributed by atoms with Gasteiger partial charge in [-0.15, -0.1) is 0 Å². The first-order chi connectivity index (χ1) is 16.1. The number of carbonyl (C=O) groups is 3. The van der Waals surface area contributed by atoms with E-state index < -0.39 is 11.8 Å². The molecule has 8 heteroatoms. The number of rotatable bonds is 9. The highest BCUT2D eigenvalue weighted by Gasteiger charge is 2.21. The van der Waals surface area contributed by atoms with Crippen LogP contribution >= 0.6 is 0 Å². The minimum absolute atomic E-state index is 0.0323. The first kappa shape index (κ1) is 24.3. The molecule has 0 aromatic heterocycles. The van der Waals surface area contributed by atoms with E-state index in [9.17, 15) is 14.4 Å². The highest BCUT2D eigenvalue weighted by atomic mass is 16.5. The molecule has 8 nitrogen and oxygen atoms in total. The standard InChI is InChI=1S/C25H31N3O5/c1-2-32-16-17-33-22-14-10-20(11-15-22)25(31)28-27-24(30)19-8-12-21(13-9-19)26-23(29)18-6-4-3-5-7-18/h8-15,18H,2-7,16-17H2,1H3,(H,26,29)(H,27,30)(H,28,31). The van der Waals surface area contributed by atoms with E-state index in [1.54, 1.807) is 48.5 Å². The van der Waals surface area contributed by atoms with Gasteiger partial charge >= 0.3 is 0 Å².